The summed E-state index contributed by atoms with van der Waals surface area (Å²) in [5, 5.41) is 5.22. The summed E-state index contributed by atoms with van der Waals surface area (Å²) in [7, 11) is 0. The lowest BCUT2D eigenvalue weighted by atomic mass is 9.99. The maximum atomic E-state index is 2.43. The van der Waals surface area contributed by atoms with Crippen molar-refractivity contribution in [1.82, 2.24) is 4.40 Å². The fourth-order valence-electron chi connectivity index (χ4n) is 6.14. The zero-order chi connectivity index (χ0) is 25.9. The van der Waals surface area contributed by atoms with Gasteiger partial charge in [0, 0.05) is 38.6 Å². The fraction of sp³-hybridized carbons (Fsp3) is 0.0270. The third kappa shape index (κ3) is 3.35. The predicted octanol–water partition coefficient (Wildman–Crippen LogP) is 10.3. The number of para-hydroxylation sites is 3. The second-order valence-corrected chi connectivity index (χ2v) is 10.3. The number of nitrogens with zero attached hydrogens (tertiary/aromatic N) is 2. The van der Waals surface area contributed by atoms with E-state index in [0.717, 1.165) is 17.1 Å². The van der Waals surface area contributed by atoms with Crippen molar-refractivity contribution < 1.29 is 0 Å². The van der Waals surface area contributed by atoms with Gasteiger partial charge in [0.25, 0.3) is 0 Å². The number of hydrogen-bond donors (Lipinski definition) is 0. The molecule has 8 rings (SSSR count). The topological polar surface area (TPSA) is 7.65 Å². The van der Waals surface area contributed by atoms with E-state index >= 15 is 0 Å². The highest BCUT2D eigenvalue weighted by Gasteiger charge is 2.18. The van der Waals surface area contributed by atoms with E-state index in [9.17, 15) is 0 Å². The predicted molar refractivity (Wildman–Crippen MR) is 166 cm³/mol. The van der Waals surface area contributed by atoms with Crippen LogP contribution < -0.4 is 4.90 Å². The molecule has 0 N–H and O–H groups in total. The highest BCUT2D eigenvalue weighted by Crippen LogP contribution is 2.42. The molecule has 2 heteroatoms. The van der Waals surface area contributed by atoms with E-state index in [0.29, 0.717) is 0 Å². The van der Waals surface area contributed by atoms with Crippen LogP contribution in [0.5, 0.6) is 0 Å². The molecule has 39 heavy (non-hydrogen) atoms. The Bertz CT molecular complexity index is 2020. The number of aryl methyl sites for hydroxylation is 1. The van der Waals surface area contributed by atoms with E-state index < -0.39 is 0 Å². The van der Waals surface area contributed by atoms with Crippen molar-refractivity contribution in [3.63, 3.8) is 0 Å². The molecule has 6 aromatic carbocycles. The lowest BCUT2D eigenvalue weighted by molar-refractivity contribution is 1.28. The average molecular weight is 499 g/mol. The van der Waals surface area contributed by atoms with Gasteiger partial charge in [-0.05, 0) is 78.7 Å². The zero-order valence-corrected chi connectivity index (χ0v) is 21.7. The lowest BCUT2D eigenvalue weighted by Crippen LogP contribution is -2.09. The minimum Gasteiger partial charge on any atom is -0.311 e. The van der Waals surface area contributed by atoms with E-state index in [1.54, 1.807) is 0 Å². The van der Waals surface area contributed by atoms with E-state index in [2.05, 4.69) is 156 Å². The van der Waals surface area contributed by atoms with Crippen LogP contribution in [0.2, 0.25) is 0 Å². The number of fused-ring (bicyclic) bond motifs is 6. The molecule has 2 aromatic heterocycles. The smallest absolute Gasteiger partial charge is 0.0620 e. The van der Waals surface area contributed by atoms with Crippen molar-refractivity contribution in [1.29, 1.82) is 0 Å². The average Bonchev–Trinajstić information content (AvgIpc) is 3.51. The molecule has 184 valence electrons. The van der Waals surface area contributed by atoms with Crippen molar-refractivity contribution in [3.8, 4) is 11.1 Å². The number of aromatic nitrogens is 1. The van der Waals surface area contributed by atoms with Gasteiger partial charge < -0.3 is 9.30 Å². The van der Waals surface area contributed by atoms with Crippen LogP contribution >= 0.6 is 0 Å². The molecule has 0 saturated heterocycles. The Morgan fingerprint density at radius 2 is 0.923 bits per heavy atom. The molecule has 0 aliphatic carbocycles. The van der Waals surface area contributed by atoms with Gasteiger partial charge in [-0.3, -0.25) is 0 Å². The van der Waals surface area contributed by atoms with Gasteiger partial charge >= 0.3 is 0 Å². The Kier molecular flexibility index (Phi) is 4.77. The molecule has 2 nitrogen and oxygen atoms in total. The Morgan fingerprint density at radius 3 is 1.51 bits per heavy atom. The molecule has 0 bridgehead atoms. The molecular formula is C37H26N2. The molecular weight excluding hydrogens is 472 g/mol. The van der Waals surface area contributed by atoms with Crippen molar-refractivity contribution in [2.45, 2.75) is 6.92 Å². The fourth-order valence-corrected chi connectivity index (χ4v) is 6.14. The number of anilines is 3. The molecule has 0 unspecified atom stereocenters. The van der Waals surface area contributed by atoms with Gasteiger partial charge in [0.2, 0.25) is 0 Å². The quantitative estimate of drug-likeness (QED) is 0.234. The molecule has 0 amide bonds. The van der Waals surface area contributed by atoms with Crippen LogP contribution in [0.3, 0.4) is 0 Å². The summed E-state index contributed by atoms with van der Waals surface area (Å²) in [5.74, 6) is 0. The highest BCUT2D eigenvalue weighted by atomic mass is 15.1. The Hall–Kier alpha value is -5.08. The normalized spacial score (nSPS) is 11.7. The van der Waals surface area contributed by atoms with Gasteiger partial charge in [0.15, 0.2) is 0 Å². The maximum Gasteiger partial charge on any atom is 0.0620 e. The molecule has 2 heterocycles. The third-order valence-electron chi connectivity index (χ3n) is 7.97. The highest BCUT2D eigenvalue weighted by molar-refractivity contribution is 6.24. The van der Waals surface area contributed by atoms with Crippen molar-refractivity contribution in [2.24, 2.45) is 0 Å². The molecule has 8 aromatic rings. The van der Waals surface area contributed by atoms with Crippen LogP contribution in [-0.2, 0) is 0 Å². The van der Waals surface area contributed by atoms with Crippen molar-refractivity contribution in [3.05, 3.63) is 145 Å². The van der Waals surface area contributed by atoms with Crippen molar-refractivity contribution in [2.75, 3.05) is 4.90 Å². The molecule has 0 radical (unpaired) electrons. The molecule has 0 saturated carbocycles. The second kappa shape index (κ2) is 8.47. The van der Waals surface area contributed by atoms with Gasteiger partial charge in [-0.25, -0.2) is 0 Å². The summed E-state index contributed by atoms with van der Waals surface area (Å²) >= 11 is 0. The first-order valence-electron chi connectivity index (χ1n) is 13.5. The Morgan fingerprint density at radius 1 is 0.436 bits per heavy atom. The van der Waals surface area contributed by atoms with Crippen LogP contribution in [0.25, 0.3) is 49.2 Å². The minimum absolute atomic E-state index is 1.14. The molecule has 0 spiro atoms. The molecule has 0 aliphatic heterocycles. The summed E-state index contributed by atoms with van der Waals surface area (Å²) < 4.78 is 2.43. The number of rotatable bonds is 4. The van der Waals surface area contributed by atoms with Crippen LogP contribution in [0, 0.1) is 6.92 Å². The molecule has 0 fully saturated rings. The van der Waals surface area contributed by atoms with E-state index in [1.165, 1.54) is 54.8 Å². The second-order valence-electron chi connectivity index (χ2n) is 10.3. The van der Waals surface area contributed by atoms with Gasteiger partial charge in [-0.2, -0.15) is 0 Å². The lowest BCUT2D eigenvalue weighted by Gasteiger charge is -2.25. The van der Waals surface area contributed by atoms with E-state index in [-0.39, 0.29) is 0 Å². The Labute approximate surface area is 227 Å². The largest absolute Gasteiger partial charge is 0.311 e. The monoisotopic (exact) mass is 498 g/mol. The van der Waals surface area contributed by atoms with Crippen molar-refractivity contribution >= 4 is 55.2 Å². The van der Waals surface area contributed by atoms with Crippen LogP contribution in [-0.4, -0.2) is 4.40 Å². The minimum atomic E-state index is 1.14. The van der Waals surface area contributed by atoms with Crippen LogP contribution in [0.15, 0.2) is 140 Å². The van der Waals surface area contributed by atoms with Gasteiger partial charge in [-0.15, -0.1) is 0 Å². The third-order valence-corrected chi connectivity index (χ3v) is 7.97. The summed E-state index contributed by atoms with van der Waals surface area (Å²) in [4.78, 5) is 2.32. The van der Waals surface area contributed by atoms with E-state index in [1.807, 2.05) is 0 Å². The summed E-state index contributed by atoms with van der Waals surface area (Å²) in [6.07, 6.45) is 0. The van der Waals surface area contributed by atoms with Gasteiger partial charge in [-0.1, -0.05) is 84.4 Å². The van der Waals surface area contributed by atoms with Crippen LogP contribution in [0.4, 0.5) is 17.1 Å². The molecule has 0 aliphatic rings. The molecule has 0 atom stereocenters. The van der Waals surface area contributed by atoms with Gasteiger partial charge in [0.05, 0.1) is 16.6 Å². The summed E-state index contributed by atoms with van der Waals surface area (Å²) in [6, 6.07) is 50.6. The summed E-state index contributed by atoms with van der Waals surface area (Å²) in [6.45, 7) is 2.13. The summed E-state index contributed by atoms with van der Waals surface area (Å²) in [5.41, 5.74) is 11.0. The standard InChI is InChI=1S/C37H26N2/c1-25-15-19-29(20-16-25)38(28-9-3-2-4-10-28)30-21-17-26(18-22-30)27-23-33-31-11-5-7-13-35(31)39-36-14-8-6-12-32(36)34(24-27)37(33)39/h2-24H,1H3. The van der Waals surface area contributed by atoms with E-state index in [4.69, 9.17) is 0 Å². The first-order chi connectivity index (χ1) is 19.3. The number of benzene rings is 6. The SMILES string of the molecule is Cc1ccc(N(c2ccccc2)c2ccc(-c3cc4c5ccccc5n5c6ccccc6c(c3)c45)cc2)cc1. The zero-order valence-electron chi connectivity index (χ0n) is 21.7. The maximum absolute atomic E-state index is 2.43. The van der Waals surface area contributed by atoms with Gasteiger partial charge in [0.1, 0.15) is 0 Å². The first kappa shape index (κ1) is 22.0. The van der Waals surface area contributed by atoms with Crippen LogP contribution in [0.1, 0.15) is 5.56 Å². The first-order valence-corrected chi connectivity index (χ1v) is 13.5. The number of hydrogen-bond acceptors (Lipinski definition) is 1. The Balaban J connectivity index is 1.30.